The van der Waals surface area contributed by atoms with Gasteiger partial charge in [0.2, 0.25) is 0 Å². The van der Waals surface area contributed by atoms with Crippen LogP contribution in [0.15, 0.2) is 6.07 Å². The highest BCUT2D eigenvalue weighted by molar-refractivity contribution is 5.79. The van der Waals surface area contributed by atoms with Gasteiger partial charge in [0.1, 0.15) is 0 Å². The largest absolute Gasteiger partial charge is 0.426 e. The molecule has 0 N–H and O–H groups in total. The number of ether oxygens (including phenoxy) is 1. The van der Waals surface area contributed by atoms with Crippen molar-refractivity contribution in [2.75, 3.05) is 0 Å². The van der Waals surface area contributed by atoms with Crippen molar-refractivity contribution >= 4 is 5.97 Å². The fourth-order valence-electron chi connectivity index (χ4n) is 2.78. The van der Waals surface area contributed by atoms with Crippen LogP contribution in [0, 0.1) is 40.0 Å². The SMILES string of the molecule is CC1(C)C(C(=O)OC(F)c2cc(F)c(F)c(F)c2F)C1(C)C. The van der Waals surface area contributed by atoms with Crippen LogP contribution in [0.5, 0.6) is 0 Å². The molecule has 1 aromatic carbocycles. The van der Waals surface area contributed by atoms with Crippen LogP contribution in [0.3, 0.4) is 0 Å². The Labute approximate surface area is 124 Å². The average Bonchev–Trinajstić information content (AvgIpc) is 2.81. The number of carbonyl (C=O) groups is 1. The molecular weight excluding hydrogens is 307 g/mol. The van der Waals surface area contributed by atoms with Crippen LogP contribution in [0.2, 0.25) is 0 Å². The molecule has 0 heterocycles. The van der Waals surface area contributed by atoms with Gasteiger partial charge < -0.3 is 4.74 Å². The molecule has 1 aliphatic rings. The summed E-state index contributed by atoms with van der Waals surface area (Å²) in [4.78, 5) is 11.9. The van der Waals surface area contributed by atoms with Gasteiger partial charge in [0.25, 0.3) is 6.36 Å². The van der Waals surface area contributed by atoms with E-state index in [1.54, 1.807) is 27.7 Å². The van der Waals surface area contributed by atoms with Gasteiger partial charge in [-0.25, -0.2) is 17.6 Å². The molecule has 0 bridgehead atoms. The van der Waals surface area contributed by atoms with Crippen molar-refractivity contribution in [1.29, 1.82) is 0 Å². The summed E-state index contributed by atoms with van der Waals surface area (Å²) in [5, 5.41) is 0. The number of carbonyl (C=O) groups excluding carboxylic acids is 1. The van der Waals surface area contributed by atoms with Gasteiger partial charge in [-0.05, 0) is 16.9 Å². The first-order valence-electron chi connectivity index (χ1n) is 6.60. The Hall–Kier alpha value is -1.66. The number of esters is 1. The molecule has 0 aromatic heterocycles. The van der Waals surface area contributed by atoms with E-state index in [2.05, 4.69) is 4.74 Å². The zero-order valence-corrected chi connectivity index (χ0v) is 12.4. The van der Waals surface area contributed by atoms with Gasteiger partial charge in [-0.2, -0.15) is 4.39 Å². The summed E-state index contributed by atoms with van der Waals surface area (Å²) < 4.78 is 70.7. The maximum Gasteiger partial charge on any atom is 0.312 e. The average molecular weight is 322 g/mol. The van der Waals surface area contributed by atoms with Crippen LogP contribution in [0.4, 0.5) is 22.0 Å². The lowest BCUT2D eigenvalue weighted by molar-refractivity contribution is -0.162. The third kappa shape index (κ3) is 2.27. The molecule has 1 fully saturated rings. The molecule has 0 radical (unpaired) electrons. The number of alkyl halides is 1. The second kappa shape index (κ2) is 4.93. The molecule has 0 spiro atoms. The number of halogens is 5. The number of hydrogen-bond acceptors (Lipinski definition) is 2. The molecular formula is C15H15F5O2. The first kappa shape index (κ1) is 16.7. The van der Waals surface area contributed by atoms with E-state index in [1.165, 1.54) is 0 Å². The van der Waals surface area contributed by atoms with Crippen molar-refractivity contribution in [2.24, 2.45) is 16.7 Å². The van der Waals surface area contributed by atoms with Crippen LogP contribution in [0.25, 0.3) is 0 Å². The number of hydrogen-bond donors (Lipinski definition) is 0. The minimum absolute atomic E-state index is 0.134. The lowest BCUT2D eigenvalue weighted by Gasteiger charge is -2.13. The highest BCUT2D eigenvalue weighted by Crippen LogP contribution is 2.68. The number of rotatable bonds is 3. The lowest BCUT2D eigenvalue weighted by atomic mass is 10.0. The van der Waals surface area contributed by atoms with Gasteiger partial charge >= 0.3 is 5.97 Å². The summed E-state index contributed by atoms with van der Waals surface area (Å²) >= 11 is 0. The van der Waals surface area contributed by atoms with E-state index < -0.39 is 57.9 Å². The van der Waals surface area contributed by atoms with Crippen LogP contribution >= 0.6 is 0 Å². The molecule has 1 saturated carbocycles. The minimum Gasteiger partial charge on any atom is -0.426 e. The fourth-order valence-corrected chi connectivity index (χ4v) is 2.78. The van der Waals surface area contributed by atoms with E-state index in [1.807, 2.05) is 0 Å². The van der Waals surface area contributed by atoms with Gasteiger partial charge in [-0.3, -0.25) is 4.79 Å². The van der Waals surface area contributed by atoms with Crippen LogP contribution in [0.1, 0.15) is 39.6 Å². The third-order valence-electron chi connectivity index (χ3n) is 4.85. The fraction of sp³-hybridized carbons (Fsp3) is 0.533. The molecule has 0 aliphatic heterocycles. The Kier molecular flexibility index (Phi) is 3.74. The predicted octanol–water partition coefficient (Wildman–Crippen LogP) is 4.44. The smallest absolute Gasteiger partial charge is 0.312 e. The third-order valence-corrected chi connectivity index (χ3v) is 4.85. The Morgan fingerprint density at radius 3 is 2.00 bits per heavy atom. The zero-order valence-electron chi connectivity index (χ0n) is 12.4. The molecule has 0 amide bonds. The maximum atomic E-state index is 13.9. The Morgan fingerprint density at radius 2 is 1.55 bits per heavy atom. The van der Waals surface area contributed by atoms with Crippen molar-refractivity contribution in [1.82, 2.24) is 0 Å². The maximum absolute atomic E-state index is 13.9. The van der Waals surface area contributed by atoms with Gasteiger partial charge in [-0.1, -0.05) is 27.7 Å². The molecule has 2 rings (SSSR count). The van der Waals surface area contributed by atoms with Crippen molar-refractivity contribution in [3.8, 4) is 0 Å². The summed E-state index contributed by atoms with van der Waals surface area (Å²) in [6, 6.07) is 0.134. The molecule has 2 nitrogen and oxygen atoms in total. The van der Waals surface area contributed by atoms with Crippen molar-refractivity contribution in [2.45, 2.75) is 34.1 Å². The van der Waals surface area contributed by atoms with Crippen molar-refractivity contribution in [3.63, 3.8) is 0 Å². The minimum atomic E-state index is -2.72. The van der Waals surface area contributed by atoms with Gasteiger partial charge in [0.05, 0.1) is 11.5 Å². The van der Waals surface area contributed by atoms with E-state index >= 15 is 0 Å². The topological polar surface area (TPSA) is 26.3 Å². The van der Waals surface area contributed by atoms with Crippen LogP contribution in [-0.2, 0) is 9.53 Å². The van der Waals surface area contributed by atoms with Gasteiger partial charge in [0, 0.05) is 0 Å². The Morgan fingerprint density at radius 1 is 1.05 bits per heavy atom. The Bertz CT molecular complexity index is 625. The molecule has 1 aromatic rings. The summed E-state index contributed by atoms with van der Waals surface area (Å²) in [5.41, 5.74) is -2.08. The predicted molar refractivity (Wildman–Crippen MR) is 67.3 cm³/mol. The van der Waals surface area contributed by atoms with Crippen LogP contribution in [-0.4, -0.2) is 5.97 Å². The van der Waals surface area contributed by atoms with Crippen LogP contribution < -0.4 is 0 Å². The summed E-state index contributed by atoms with van der Waals surface area (Å²) in [6.45, 7) is 7.13. The van der Waals surface area contributed by atoms with Crippen molar-refractivity contribution < 1.29 is 31.5 Å². The van der Waals surface area contributed by atoms with Gasteiger partial charge in [0.15, 0.2) is 23.3 Å². The highest BCUT2D eigenvalue weighted by Gasteiger charge is 2.69. The second-order valence-electron chi connectivity index (χ2n) is 6.52. The van der Waals surface area contributed by atoms with E-state index in [0.29, 0.717) is 0 Å². The quantitative estimate of drug-likeness (QED) is 0.356. The molecule has 0 saturated heterocycles. The molecule has 7 heteroatoms. The first-order chi connectivity index (χ1) is 9.92. The second-order valence-corrected chi connectivity index (χ2v) is 6.52. The van der Waals surface area contributed by atoms with E-state index in [9.17, 15) is 26.7 Å². The highest BCUT2D eigenvalue weighted by atomic mass is 19.2. The Balaban J connectivity index is 2.21. The molecule has 122 valence electrons. The zero-order chi connectivity index (χ0) is 17.0. The molecule has 22 heavy (non-hydrogen) atoms. The monoisotopic (exact) mass is 322 g/mol. The normalized spacial score (nSPS) is 20.6. The molecule has 1 atom stereocenters. The summed E-state index contributed by atoms with van der Waals surface area (Å²) in [6.07, 6.45) is -2.72. The van der Waals surface area contributed by atoms with E-state index in [0.717, 1.165) is 0 Å². The molecule has 1 unspecified atom stereocenters. The summed E-state index contributed by atoms with van der Waals surface area (Å²) in [5.74, 6) is -9.46. The van der Waals surface area contributed by atoms with Gasteiger partial charge in [-0.15, -0.1) is 0 Å². The number of benzene rings is 1. The standard InChI is InChI=1S/C15H15F5O2/c1-14(2)11(15(14,3)4)13(21)22-12(20)6-5-7(16)9(18)10(19)8(6)17/h5,11-12H,1-4H3. The summed E-state index contributed by atoms with van der Waals surface area (Å²) in [7, 11) is 0. The van der Waals surface area contributed by atoms with Crippen molar-refractivity contribution in [3.05, 3.63) is 34.9 Å². The van der Waals surface area contributed by atoms with E-state index in [-0.39, 0.29) is 6.07 Å². The molecule has 1 aliphatic carbocycles. The van der Waals surface area contributed by atoms with E-state index in [4.69, 9.17) is 0 Å². The lowest BCUT2D eigenvalue weighted by Crippen LogP contribution is -2.15. The first-order valence-corrected chi connectivity index (χ1v) is 6.60.